The van der Waals surface area contributed by atoms with Crippen LogP contribution in [0.3, 0.4) is 0 Å². The van der Waals surface area contributed by atoms with Crippen LogP contribution < -0.4 is 5.32 Å². The van der Waals surface area contributed by atoms with Crippen molar-refractivity contribution in [3.63, 3.8) is 0 Å². The molecule has 1 aromatic carbocycles. The van der Waals surface area contributed by atoms with Crippen LogP contribution in [0.2, 0.25) is 0 Å². The van der Waals surface area contributed by atoms with Gasteiger partial charge in [0.25, 0.3) is 5.91 Å². The smallest absolute Gasteiger partial charge is 0.328 e. The van der Waals surface area contributed by atoms with Crippen molar-refractivity contribution < 1.29 is 14.3 Å². The first-order chi connectivity index (χ1) is 11.0. The van der Waals surface area contributed by atoms with E-state index in [4.69, 9.17) is 4.74 Å². The van der Waals surface area contributed by atoms with Crippen LogP contribution in [0.1, 0.15) is 54.4 Å². The highest BCUT2D eigenvalue weighted by Crippen LogP contribution is 2.27. The van der Waals surface area contributed by atoms with E-state index in [0.717, 1.165) is 22.9 Å². The molecule has 2 rings (SSSR count). The minimum absolute atomic E-state index is 0.230. The second-order valence-corrected chi connectivity index (χ2v) is 7.11. The minimum atomic E-state index is -0.570. The maximum Gasteiger partial charge on any atom is 0.328 e. The molecule has 0 heterocycles. The largest absolute Gasteiger partial charge is 0.467 e. The maximum atomic E-state index is 12.4. The Hall–Kier alpha value is -1.36. The van der Waals surface area contributed by atoms with Gasteiger partial charge in [-0.15, -0.1) is 0 Å². The molecule has 4 nitrogen and oxygen atoms in total. The van der Waals surface area contributed by atoms with Crippen molar-refractivity contribution in [2.45, 2.75) is 51.5 Å². The molecule has 5 heteroatoms. The number of nitrogens with one attached hydrogen (secondary N) is 1. The van der Waals surface area contributed by atoms with Crippen molar-refractivity contribution in [1.29, 1.82) is 0 Å². The monoisotopic (exact) mass is 381 g/mol. The quantitative estimate of drug-likeness (QED) is 0.784. The topological polar surface area (TPSA) is 55.4 Å². The molecule has 1 unspecified atom stereocenters. The normalized spacial score (nSPS) is 16.7. The van der Waals surface area contributed by atoms with Gasteiger partial charge in [0.1, 0.15) is 6.04 Å². The number of carbonyl (C=O) groups excluding carboxylic acids is 2. The molecular formula is C18H24BrNO3. The van der Waals surface area contributed by atoms with E-state index >= 15 is 0 Å². The summed E-state index contributed by atoms with van der Waals surface area (Å²) in [6.07, 6.45) is 6.59. The zero-order valence-electron chi connectivity index (χ0n) is 13.7. The minimum Gasteiger partial charge on any atom is -0.467 e. The molecule has 1 aromatic rings. The number of esters is 1. The molecule has 23 heavy (non-hydrogen) atoms. The molecule has 0 bridgehead atoms. The highest BCUT2D eigenvalue weighted by molar-refractivity contribution is 9.10. The third kappa shape index (κ3) is 5.06. The Morgan fingerprint density at radius 2 is 2.00 bits per heavy atom. The van der Waals surface area contributed by atoms with E-state index in [-0.39, 0.29) is 11.9 Å². The van der Waals surface area contributed by atoms with Gasteiger partial charge in [0.15, 0.2) is 0 Å². The fourth-order valence-corrected chi connectivity index (χ4v) is 3.39. The number of hydrogen-bond donors (Lipinski definition) is 1. The fraction of sp³-hybridized carbons (Fsp3) is 0.556. The predicted octanol–water partition coefficient (Wildman–Crippen LogP) is 4.00. The molecule has 1 aliphatic rings. The Balaban J connectivity index is 2.05. The van der Waals surface area contributed by atoms with E-state index in [0.29, 0.717) is 17.9 Å². The molecule has 0 spiro atoms. The number of amides is 1. The van der Waals surface area contributed by atoms with Crippen molar-refractivity contribution >= 4 is 27.8 Å². The van der Waals surface area contributed by atoms with E-state index in [2.05, 4.69) is 21.2 Å². The second-order valence-electron chi connectivity index (χ2n) is 6.25. The third-order valence-corrected chi connectivity index (χ3v) is 5.39. The van der Waals surface area contributed by atoms with E-state index in [1.54, 1.807) is 6.07 Å². The zero-order valence-corrected chi connectivity index (χ0v) is 15.3. The summed E-state index contributed by atoms with van der Waals surface area (Å²) >= 11 is 3.42. The number of methoxy groups -OCH3 is 1. The number of carbonyl (C=O) groups is 2. The van der Waals surface area contributed by atoms with Crippen LogP contribution in [-0.4, -0.2) is 25.0 Å². The molecular weight excluding hydrogens is 358 g/mol. The van der Waals surface area contributed by atoms with E-state index < -0.39 is 6.04 Å². The van der Waals surface area contributed by atoms with Gasteiger partial charge in [-0.3, -0.25) is 4.79 Å². The third-order valence-electron chi connectivity index (χ3n) is 4.50. The number of ether oxygens (including phenoxy) is 1. The number of halogens is 1. The van der Waals surface area contributed by atoms with Crippen LogP contribution in [-0.2, 0) is 9.53 Å². The summed E-state index contributed by atoms with van der Waals surface area (Å²) < 4.78 is 5.83. The number of aryl methyl sites for hydroxylation is 1. The van der Waals surface area contributed by atoms with Crippen molar-refractivity contribution in [2.75, 3.05) is 7.11 Å². The lowest BCUT2D eigenvalue weighted by atomic mass is 9.84. The second kappa shape index (κ2) is 8.48. The molecule has 1 saturated carbocycles. The van der Waals surface area contributed by atoms with Gasteiger partial charge in [-0.25, -0.2) is 4.79 Å². The summed E-state index contributed by atoms with van der Waals surface area (Å²) in [4.78, 5) is 24.5. The first-order valence-corrected chi connectivity index (χ1v) is 8.95. The summed E-state index contributed by atoms with van der Waals surface area (Å²) in [7, 11) is 1.37. The van der Waals surface area contributed by atoms with Gasteiger partial charge < -0.3 is 10.1 Å². The number of hydrogen-bond acceptors (Lipinski definition) is 3. The highest BCUT2D eigenvalue weighted by Gasteiger charge is 2.26. The average Bonchev–Trinajstić information content (AvgIpc) is 2.56. The fourth-order valence-electron chi connectivity index (χ4n) is 3.14. The Bertz CT molecular complexity index is 567. The van der Waals surface area contributed by atoms with Crippen LogP contribution in [0, 0.1) is 12.8 Å². The van der Waals surface area contributed by atoms with Crippen molar-refractivity contribution in [3.05, 3.63) is 33.8 Å². The van der Waals surface area contributed by atoms with E-state index in [9.17, 15) is 9.59 Å². The van der Waals surface area contributed by atoms with Crippen LogP contribution in [0.4, 0.5) is 0 Å². The lowest BCUT2D eigenvalue weighted by molar-refractivity contribution is -0.143. The predicted molar refractivity (Wildman–Crippen MR) is 93.3 cm³/mol. The molecule has 0 radical (unpaired) electrons. The SMILES string of the molecule is COC(=O)C(CC1CCCCC1)NC(=O)c1ccc(Br)c(C)c1. The Kier molecular flexibility index (Phi) is 6.63. The summed E-state index contributed by atoms with van der Waals surface area (Å²) in [6.45, 7) is 1.93. The average molecular weight is 382 g/mol. The van der Waals surface area contributed by atoms with Gasteiger partial charge in [0.2, 0.25) is 0 Å². The first-order valence-electron chi connectivity index (χ1n) is 8.16. The Morgan fingerprint density at radius 3 is 2.61 bits per heavy atom. The molecule has 1 atom stereocenters. The van der Waals surface area contributed by atoms with Gasteiger partial charge >= 0.3 is 5.97 Å². The molecule has 1 fully saturated rings. The Morgan fingerprint density at radius 1 is 1.30 bits per heavy atom. The standard InChI is InChI=1S/C18H24BrNO3/c1-12-10-14(8-9-15(12)19)17(21)20-16(18(22)23-2)11-13-6-4-3-5-7-13/h8-10,13,16H,3-7,11H2,1-2H3,(H,20,21). The van der Waals surface area contributed by atoms with Gasteiger partial charge in [0, 0.05) is 10.0 Å². The summed E-state index contributed by atoms with van der Waals surface area (Å²) in [5, 5.41) is 2.85. The van der Waals surface area contributed by atoms with Gasteiger partial charge in [-0.05, 0) is 43.0 Å². The van der Waals surface area contributed by atoms with Crippen molar-refractivity contribution in [3.8, 4) is 0 Å². The highest BCUT2D eigenvalue weighted by atomic mass is 79.9. The molecule has 0 aliphatic heterocycles. The zero-order chi connectivity index (χ0) is 16.8. The lowest BCUT2D eigenvalue weighted by Crippen LogP contribution is -2.43. The molecule has 0 saturated heterocycles. The van der Waals surface area contributed by atoms with Gasteiger partial charge in [0.05, 0.1) is 7.11 Å². The van der Waals surface area contributed by atoms with Gasteiger partial charge in [-0.2, -0.15) is 0 Å². The Labute approximate surface area is 146 Å². The summed E-state index contributed by atoms with van der Waals surface area (Å²) in [5.41, 5.74) is 1.54. The molecule has 0 aromatic heterocycles. The van der Waals surface area contributed by atoms with Crippen LogP contribution >= 0.6 is 15.9 Å². The molecule has 1 aliphatic carbocycles. The maximum absolute atomic E-state index is 12.4. The van der Waals surface area contributed by atoms with Crippen LogP contribution in [0.15, 0.2) is 22.7 Å². The summed E-state index contributed by atoms with van der Waals surface area (Å²) in [6, 6.07) is 4.84. The van der Waals surface area contributed by atoms with Crippen molar-refractivity contribution in [2.24, 2.45) is 5.92 Å². The number of rotatable bonds is 5. The molecule has 1 amide bonds. The molecule has 1 N–H and O–H groups in total. The van der Waals surface area contributed by atoms with Crippen molar-refractivity contribution in [1.82, 2.24) is 5.32 Å². The lowest BCUT2D eigenvalue weighted by Gasteiger charge is -2.25. The molecule has 126 valence electrons. The van der Waals surface area contributed by atoms with Crippen LogP contribution in [0.25, 0.3) is 0 Å². The van der Waals surface area contributed by atoms with Crippen LogP contribution in [0.5, 0.6) is 0 Å². The van der Waals surface area contributed by atoms with E-state index in [1.165, 1.54) is 26.4 Å². The van der Waals surface area contributed by atoms with E-state index in [1.807, 2.05) is 19.1 Å². The first kappa shape index (κ1) is 18.0. The number of benzene rings is 1. The van der Waals surface area contributed by atoms with Gasteiger partial charge in [-0.1, -0.05) is 48.0 Å². The summed E-state index contributed by atoms with van der Waals surface area (Å²) in [5.74, 6) is -0.107.